The first kappa shape index (κ1) is 14.5. The first-order chi connectivity index (χ1) is 8.56. The largest absolute Gasteiger partial charge is 0.341 e. The minimum atomic E-state index is -0.425. The molecule has 1 N–H and O–H groups in total. The van der Waals surface area contributed by atoms with Crippen molar-refractivity contribution >= 4 is 11.8 Å². The molecule has 5 nitrogen and oxygen atoms in total. The molecule has 1 aliphatic rings. The number of rotatable bonds is 5. The molecule has 1 saturated heterocycles. The zero-order chi connectivity index (χ0) is 13.5. The van der Waals surface area contributed by atoms with Crippen molar-refractivity contribution in [2.75, 3.05) is 13.1 Å². The lowest BCUT2D eigenvalue weighted by molar-refractivity contribution is -0.142. The predicted molar refractivity (Wildman–Crippen MR) is 67.4 cm³/mol. The molecule has 1 aliphatic heterocycles. The summed E-state index contributed by atoms with van der Waals surface area (Å²) >= 11 is 0. The van der Waals surface area contributed by atoms with E-state index in [0.717, 1.165) is 12.8 Å². The molecule has 1 unspecified atom stereocenters. The molecule has 1 fully saturated rings. The third-order valence-electron chi connectivity index (χ3n) is 3.08. The number of piperidine rings is 1. The number of hydrogen-bond donors (Lipinski definition) is 1. The third kappa shape index (κ3) is 4.02. The molecule has 0 aliphatic carbocycles. The summed E-state index contributed by atoms with van der Waals surface area (Å²) in [7, 11) is 0. The highest BCUT2D eigenvalue weighted by Crippen LogP contribution is 2.18. The number of hydrogen-bond acceptors (Lipinski definition) is 3. The fourth-order valence-corrected chi connectivity index (χ4v) is 2.22. The fourth-order valence-electron chi connectivity index (χ4n) is 2.22. The smallest absolute Gasteiger partial charge is 0.243 e. The Balaban J connectivity index is 2.73. The summed E-state index contributed by atoms with van der Waals surface area (Å²) in [5.41, 5.74) is 0. The van der Waals surface area contributed by atoms with Crippen LogP contribution in [0.4, 0.5) is 0 Å². The van der Waals surface area contributed by atoms with E-state index >= 15 is 0 Å². The highest BCUT2D eigenvalue weighted by Gasteiger charge is 2.31. The van der Waals surface area contributed by atoms with Crippen LogP contribution >= 0.6 is 0 Å². The van der Waals surface area contributed by atoms with Crippen LogP contribution in [0.25, 0.3) is 0 Å². The van der Waals surface area contributed by atoms with Gasteiger partial charge in [-0.25, -0.2) is 0 Å². The van der Waals surface area contributed by atoms with Gasteiger partial charge in [-0.1, -0.05) is 13.8 Å². The summed E-state index contributed by atoms with van der Waals surface area (Å²) in [5, 5.41) is 11.1. The van der Waals surface area contributed by atoms with Crippen LogP contribution in [0.1, 0.15) is 39.5 Å². The highest BCUT2D eigenvalue weighted by atomic mass is 16.2. The lowest BCUT2D eigenvalue weighted by Crippen LogP contribution is -2.51. The number of carbonyl (C=O) groups excluding carboxylic acids is 2. The lowest BCUT2D eigenvalue weighted by Gasteiger charge is -2.34. The zero-order valence-electron chi connectivity index (χ0n) is 11.1. The molecule has 1 atom stereocenters. The molecular weight excluding hydrogens is 230 g/mol. The van der Waals surface area contributed by atoms with E-state index in [9.17, 15) is 9.59 Å². The van der Waals surface area contributed by atoms with Crippen molar-refractivity contribution in [3.63, 3.8) is 0 Å². The number of amides is 2. The molecular formula is C13H21N3O2. The van der Waals surface area contributed by atoms with Gasteiger partial charge in [0.25, 0.3) is 0 Å². The Kier molecular flexibility index (Phi) is 5.63. The molecule has 0 aromatic carbocycles. The van der Waals surface area contributed by atoms with Crippen LogP contribution in [-0.4, -0.2) is 35.8 Å². The average molecular weight is 251 g/mol. The molecule has 18 heavy (non-hydrogen) atoms. The maximum absolute atomic E-state index is 12.0. The van der Waals surface area contributed by atoms with E-state index in [1.165, 1.54) is 0 Å². The van der Waals surface area contributed by atoms with Gasteiger partial charge in [-0.15, -0.1) is 0 Å². The molecule has 2 amide bonds. The van der Waals surface area contributed by atoms with Crippen molar-refractivity contribution in [3.8, 4) is 6.07 Å². The molecule has 0 bridgehead atoms. The second-order valence-electron chi connectivity index (χ2n) is 5.07. The van der Waals surface area contributed by atoms with Gasteiger partial charge in [-0.2, -0.15) is 5.26 Å². The van der Waals surface area contributed by atoms with E-state index < -0.39 is 6.04 Å². The quantitative estimate of drug-likeness (QED) is 0.742. The predicted octanol–water partition coefficient (Wildman–Crippen LogP) is 1.05. The molecule has 5 heteroatoms. The average Bonchev–Trinajstić information content (AvgIpc) is 2.34. The van der Waals surface area contributed by atoms with Gasteiger partial charge in [-0.05, 0) is 25.2 Å². The first-order valence-corrected chi connectivity index (χ1v) is 6.50. The van der Waals surface area contributed by atoms with Gasteiger partial charge >= 0.3 is 0 Å². The molecule has 0 aromatic rings. The molecule has 0 radical (unpaired) electrons. The standard InChI is InChI=1S/C13H21N3O2/c1-10(2)9-11(13(18)15-7-6-14)16-8-4-3-5-12(16)17/h10-11H,3-5,7-9H2,1-2H3,(H,15,18). The van der Waals surface area contributed by atoms with Crippen molar-refractivity contribution in [1.29, 1.82) is 5.26 Å². The Morgan fingerprint density at radius 2 is 2.22 bits per heavy atom. The minimum absolute atomic E-state index is 0.00450. The van der Waals surface area contributed by atoms with Crippen molar-refractivity contribution < 1.29 is 9.59 Å². The number of likely N-dealkylation sites (tertiary alicyclic amines) is 1. The molecule has 0 spiro atoms. The van der Waals surface area contributed by atoms with Crippen molar-refractivity contribution in [1.82, 2.24) is 10.2 Å². The molecule has 1 heterocycles. The van der Waals surface area contributed by atoms with E-state index in [0.29, 0.717) is 25.3 Å². The Morgan fingerprint density at radius 1 is 1.50 bits per heavy atom. The summed E-state index contributed by atoms with van der Waals surface area (Å²) in [6.07, 6.45) is 3.03. The second-order valence-corrected chi connectivity index (χ2v) is 5.07. The zero-order valence-corrected chi connectivity index (χ0v) is 11.1. The van der Waals surface area contributed by atoms with Gasteiger partial charge in [0.15, 0.2) is 0 Å². The van der Waals surface area contributed by atoms with Gasteiger partial charge in [0.1, 0.15) is 12.6 Å². The topological polar surface area (TPSA) is 73.2 Å². The van der Waals surface area contributed by atoms with Crippen LogP contribution in [0.2, 0.25) is 0 Å². The molecule has 0 aromatic heterocycles. The number of carbonyl (C=O) groups is 2. The molecule has 0 saturated carbocycles. The number of nitrogens with one attached hydrogen (secondary N) is 1. The van der Waals surface area contributed by atoms with E-state index in [1.807, 2.05) is 19.9 Å². The number of nitrogens with zero attached hydrogens (tertiary/aromatic N) is 2. The van der Waals surface area contributed by atoms with Crippen molar-refractivity contribution in [3.05, 3.63) is 0 Å². The van der Waals surface area contributed by atoms with Crippen molar-refractivity contribution in [2.24, 2.45) is 5.92 Å². The minimum Gasteiger partial charge on any atom is -0.341 e. The highest BCUT2D eigenvalue weighted by molar-refractivity contribution is 5.88. The number of nitriles is 1. The van der Waals surface area contributed by atoms with Gasteiger partial charge in [0.05, 0.1) is 6.07 Å². The second kappa shape index (κ2) is 7.00. The van der Waals surface area contributed by atoms with Crippen LogP contribution < -0.4 is 5.32 Å². The summed E-state index contributed by atoms with van der Waals surface area (Å²) in [5.74, 6) is 0.178. The van der Waals surface area contributed by atoms with Gasteiger partial charge < -0.3 is 10.2 Å². The monoisotopic (exact) mass is 251 g/mol. The Bertz CT molecular complexity index is 347. The Hall–Kier alpha value is -1.57. The van der Waals surface area contributed by atoms with Gasteiger partial charge in [0.2, 0.25) is 11.8 Å². The van der Waals surface area contributed by atoms with Crippen LogP contribution in [0, 0.1) is 17.2 Å². The fraction of sp³-hybridized carbons (Fsp3) is 0.769. The summed E-state index contributed by atoms with van der Waals surface area (Å²) in [6.45, 7) is 4.70. The van der Waals surface area contributed by atoms with Crippen molar-refractivity contribution in [2.45, 2.75) is 45.6 Å². The molecule has 100 valence electrons. The maximum Gasteiger partial charge on any atom is 0.243 e. The van der Waals surface area contributed by atoms with Crippen LogP contribution in [0.3, 0.4) is 0 Å². The van der Waals surface area contributed by atoms with E-state index in [-0.39, 0.29) is 18.4 Å². The van der Waals surface area contributed by atoms with Crippen LogP contribution in [0.5, 0.6) is 0 Å². The summed E-state index contributed by atoms with van der Waals surface area (Å²) < 4.78 is 0. The van der Waals surface area contributed by atoms with Crippen LogP contribution in [-0.2, 0) is 9.59 Å². The van der Waals surface area contributed by atoms with E-state index in [4.69, 9.17) is 5.26 Å². The first-order valence-electron chi connectivity index (χ1n) is 6.50. The SMILES string of the molecule is CC(C)CC(C(=O)NCC#N)N1CCCCC1=O. The normalized spacial score (nSPS) is 17.4. The molecule has 1 rings (SSSR count). The van der Waals surface area contributed by atoms with Crippen LogP contribution in [0.15, 0.2) is 0 Å². The summed E-state index contributed by atoms with van der Waals surface area (Å²) in [6, 6.07) is 1.46. The van der Waals surface area contributed by atoms with E-state index in [2.05, 4.69) is 5.32 Å². The van der Waals surface area contributed by atoms with Gasteiger partial charge in [-0.3, -0.25) is 9.59 Å². The van der Waals surface area contributed by atoms with Gasteiger partial charge in [0, 0.05) is 13.0 Å². The maximum atomic E-state index is 12.0. The Labute approximate surface area is 108 Å². The lowest BCUT2D eigenvalue weighted by atomic mass is 9.98. The Morgan fingerprint density at radius 3 is 2.78 bits per heavy atom. The third-order valence-corrected chi connectivity index (χ3v) is 3.08. The summed E-state index contributed by atoms with van der Waals surface area (Å²) in [4.78, 5) is 25.6. The van der Waals surface area contributed by atoms with E-state index in [1.54, 1.807) is 4.90 Å².